The zero-order valence-electron chi connectivity index (χ0n) is 13.5. The predicted molar refractivity (Wildman–Crippen MR) is 83.4 cm³/mol. The average Bonchev–Trinajstić information content (AvgIpc) is 2.83. The van der Waals surface area contributed by atoms with Crippen LogP contribution >= 0.6 is 0 Å². The fraction of sp³-hybridized carbons (Fsp3) is 1.00. The minimum Gasteiger partial charge on any atom is -0.317 e. The SMILES string of the molecule is CNC1CCCC1CCN1CCC(C(C)(C)C)CC1. The Labute approximate surface area is 120 Å². The molecule has 0 bridgehead atoms. The molecule has 0 spiro atoms. The summed E-state index contributed by atoms with van der Waals surface area (Å²) in [4.78, 5) is 2.72. The summed E-state index contributed by atoms with van der Waals surface area (Å²) in [6.07, 6.45) is 8.50. The molecule has 1 saturated heterocycles. The highest BCUT2D eigenvalue weighted by atomic mass is 15.1. The standard InChI is InChI=1S/C17H34N2/c1-17(2,3)15-9-12-19(13-10-15)11-8-14-6-5-7-16(14)18-4/h14-16,18H,5-13H2,1-4H3. The van der Waals surface area contributed by atoms with Gasteiger partial charge in [0.15, 0.2) is 0 Å². The lowest BCUT2D eigenvalue weighted by Crippen LogP contribution is -2.39. The van der Waals surface area contributed by atoms with E-state index in [0.29, 0.717) is 5.41 Å². The Hall–Kier alpha value is -0.0800. The lowest BCUT2D eigenvalue weighted by Gasteiger charge is -2.39. The first-order valence-electron chi connectivity index (χ1n) is 8.40. The molecule has 0 aromatic carbocycles. The first-order valence-corrected chi connectivity index (χ1v) is 8.40. The molecule has 2 unspecified atom stereocenters. The van der Waals surface area contributed by atoms with Crippen LogP contribution in [0.15, 0.2) is 0 Å². The molecule has 1 saturated carbocycles. The van der Waals surface area contributed by atoms with Crippen LogP contribution in [0.5, 0.6) is 0 Å². The van der Waals surface area contributed by atoms with E-state index in [1.54, 1.807) is 0 Å². The zero-order valence-corrected chi connectivity index (χ0v) is 13.5. The summed E-state index contributed by atoms with van der Waals surface area (Å²) in [5.41, 5.74) is 0.509. The lowest BCUT2D eigenvalue weighted by molar-refractivity contribution is 0.107. The minimum absolute atomic E-state index is 0.509. The van der Waals surface area contributed by atoms with Crippen molar-refractivity contribution in [1.29, 1.82) is 0 Å². The van der Waals surface area contributed by atoms with E-state index in [1.807, 2.05) is 0 Å². The molecule has 0 aromatic heterocycles. The second-order valence-corrected chi connectivity index (χ2v) is 7.86. The summed E-state index contributed by atoms with van der Waals surface area (Å²) >= 11 is 0. The highest BCUT2D eigenvalue weighted by Gasteiger charge is 2.30. The van der Waals surface area contributed by atoms with Crippen molar-refractivity contribution in [2.75, 3.05) is 26.7 Å². The summed E-state index contributed by atoms with van der Waals surface area (Å²) in [5, 5.41) is 3.51. The van der Waals surface area contributed by atoms with E-state index in [-0.39, 0.29) is 0 Å². The molecule has 2 atom stereocenters. The van der Waals surface area contributed by atoms with Crippen LogP contribution in [0.4, 0.5) is 0 Å². The van der Waals surface area contributed by atoms with Crippen molar-refractivity contribution < 1.29 is 0 Å². The maximum Gasteiger partial charge on any atom is 0.00928 e. The van der Waals surface area contributed by atoms with Gasteiger partial charge in [-0.15, -0.1) is 0 Å². The van der Waals surface area contributed by atoms with Gasteiger partial charge in [0.1, 0.15) is 0 Å². The van der Waals surface area contributed by atoms with Crippen LogP contribution in [0.25, 0.3) is 0 Å². The zero-order chi connectivity index (χ0) is 13.9. The monoisotopic (exact) mass is 266 g/mol. The molecule has 19 heavy (non-hydrogen) atoms. The highest BCUT2D eigenvalue weighted by molar-refractivity contribution is 4.84. The topological polar surface area (TPSA) is 15.3 Å². The van der Waals surface area contributed by atoms with Gasteiger partial charge in [0.25, 0.3) is 0 Å². The molecule has 2 aliphatic rings. The molecule has 112 valence electrons. The largest absolute Gasteiger partial charge is 0.317 e. The first-order chi connectivity index (χ1) is 9.00. The summed E-state index contributed by atoms with van der Waals surface area (Å²) in [6.45, 7) is 11.2. The maximum atomic E-state index is 3.51. The second-order valence-electron chi connectivity index (χ2n) is 7.86. The van der Waals surface area contributed by atoms with Crippen LogP contribution in [0.2, 0.25) is 0 Å². The summed E-state index contributed by atoms with van der Waals surface area (Å²) in [6, 6.07) is 0.798. The molecule has 0 radical (unpaired) electrons. The first kappa shape index (κ1) is 15.3. The fourth-order valence-electron chi connectivity index (χ4n) is 4.13. The average molecular weight is 266 g/mol. The number of piperidine rings is 1. The van der Waals surface area contributed by atoms with Crippen LogP contribution < -0.4 is 5.32 Å². The van der Waals surface area contributed by atoms with Crippen molar-refractivity contribution >= 4 is 0 Å². The molecule has 2 fully saturated rings. The van der Waals surface area contributed by atoms with Gasteiger partial charge in [0.2, 0.25) is 0 Å². The Kier molecular flexibility index (Phi) is 5.30. The molecular weight excluding hydrogens is 232 g/mol. The van der Waals surface area contributed by atoms with Crippen molar-refractivity contribution in [3.8, 4) is 0 Å². The van der Waals surface area contributed by atoms with Gasteiger partial charge in [-0.05, 0) is 76.0 Å². The van der Waals surface area contributed by atoms with Gasteiger partial charge in [-0.2, -0.15) is 0 Å². The summed E-state index contributed by atoms with van der Waals surface area (Å²) < 4.78 is 0. The van der Waals surface area contributed by atoms with Gasteiger partial charge in [-0.1, -0.05) is 27.2 Å². The van der Waals surface area contributed by atoms with Crippen LogP contribution in [-0.4, -0.2) is 37.6 Å². The van der Waals surface area contributed by atoms with Crippen molar-refractivity contribution in [3.05, 3.63) is 0 Å². The number of likely N-dealkylation sites (tertiary alicyclic amines) is 1. The quantitative estimate of drug-likeness (QED) is 0.837. The van der Waals surface area contributed by atoms with Crippen LogP contribution in [0.3, 0.4) is 0 Å². The number of nitrogens with one attached hydrogen (secondary N) is 1. The third-order valence-electron chi connectivity index (χ3n) is 5.66. The fourth-order valence-corrected chi connectivity index (χ4v) is 4.13. The molecule has 1 N–H and O–H groups in total. The second kappa shape index (κ2) is 6.58. The number of nitrogens with zero attached hydrogens (tertiary/aromatic N) is 1. The molecule has 2 rings (SSSR count). The molecule has 2 heteroatoms. The van der Waals surface area contributed by atoms with Gasteiger partial charge in [0, 0.05) is 6.04 Å². The smallest absolute Gasteiger partial charge is 0.00928 e. The molecule has 1 heterocycles. The van der Waals surface area contributed by atoms with Gasteiger partial charge < -0.3 is 10.2 Å². The van der Waals surface area contributed by atoms with Crippen molar-refractivity contribution in [1.82, 2.24) is 10.2 Å². The molecule has 0 aromatic rings. The molecule has 1 aliphatic heterocycles. The van der Waals surface area contributed by atoms with E-state index in [1.165, 1.54) is 58.2 Å². The van der Waals surface area contributed by atoms with E-state index >= 15 is 0 Å². The molecule has 1 aliphatic carbocycles. The highest BCUT2D eigenvalue weighted by Crippen LogP contribution is 2.35. The minimum atomic E-state index is 0.509. The van der Waals surface area contributed by atoms with E-state index in [4.69, 9.17) is 0 Å². The van der Waals surface area contributed by atoms with Crippen molar-refractivity contribution in [2.24, 2.45) is 17.3 Å². The third kappa shape index (κ3) is 4.19. The van der Waals surface area contributed by atoms with E-state index in [2.05, 4.69) is 38.0 Å². The molecule has 0 amide bonds. The van der Waals surface area contributed by atoms with E-state index in [9.17, 15) is 0 Å². The number of hydrogen-bond donors (Lipinski definition) is 1. The molecular formula is C17H34N2. The Morgan fingerprint density at radius 2 is 1.74 bits per heavy atom. The Bertz CT molecular complexity index is 261. The Balaban J connectivity index is 1.68. The van der Waals surface area contributed by atoms with Crippen LogP contribution in [-0.2, 0) is 0 Å². The van der Waals surface area contributed by atoms with Crippen molar-refractivity contribution in [2.45, 2.75) is 65.3 Å². The molecule has 2 nitrogen and oxygen atoms in total. The van der Waals surface area contributed by atoms with Crippen molar-refractivity contribution in [3.63, 3.8) is 0 Å². The van der Waals surface area contributed by atoms with E-state index < -0.39 is 0 Å². The van der Waals surface area contributed by atoms with Crippen LogP contribution in [0.1, 0.15) is 59.3 Å². The number of rotatable bonds is 4. The lowest BCUT2D eigenvalue weighted by atomic mass is 9.75. The van der Waals surface area contributed by atoms with Gasteiger partial charge in [0.05, 0.1) is 0 Å². The Morgan fingerprint density at radius 3 is 2.32 bits per heavy atom. The number of hydrogen-bond acceptors (Lipinski definition) is 2. The van der Waals surface area contributed by atoms with Crippen LogP contribution in [0, 0.1) is 17.3 Å². The normalized spacial score (nSPS) is 30.9. The summed E-state index contributed by atoms with van der Waals surface area (Å²) in [5.74, 6) is 1.87. The van der Waals surface area contributed by atoms with Gasteiger partial charge in [-0.25, -0.2) is 0 Å². The van der Waals surface area contributed by atoms with E-state index in [0.717, 1.165) is 17.9 Å². The Morgan fingerprint density at radius 1 is 1.05 bits per heavy atom. The summed E-state index contributed by atoms with van der Waals surface area (Å²) in [7, 11) is 2.14. The predicted octanol–water partition coefficient (Wildman–Crippen LogP) is 3.52. The van der Waals surface area contributed by atoms with Gasteiger partial charge in [-0.3, -0.25) is 0 Å². The maximum absolute atomic E-state index is 3.51. The third-order valence-corrected chi connectivity index (χ3v) is 5.66. The van der Waals surface area contributed by atoms with Gasteiger partial charge >= 0.3 is 0 Å².